The fraction of sp³-hybridized carbons (Fsp3) is 0.533. The molecule has 0 aromatic carbocycles. The van der Waals surface area contributed by atoms with Crippen molar-refractivity contribution in [1.82, 2.24) is 19.8 Å². The second kappa shape index (κ2) is 5.72. The van der Waals surface area contributed by atoms with E-state index in [2.05, 4.69) is 31.7 Å². The number of hydrogen-bond donors (Lipinski definition) is 1. The highest BCUT2D eigenvalue weighted by atomic mass is 32.1. The standard InChI is InChI=1S/C15H18N4OS2/c20-14(12-10-22-18-17-12)19(8-11-1-6-21-9-11)13-7-15(13)2-4-16-5-3-15/h1,6,9-10,13,16H,2-5,7-8H2. The Morgan fingerprint density at radius 3 is 2.95 bits per heavy atom. The number of carbonyl (C=O) groups excluding carboxylic acids is 1. The molecule has 7 heteroatoms. The quantitative estimate of drug-likeness (QED) is 0.933. The van der Waals surface area contributed by atoms with E-state index in [1.807, 2.05) is 4.90 Å². The minimum atomic E-state index is 0.0281. The number of nitrogens with zero attached hydrogens (tertiary/aromatic N) is 3. The predicted octanol–water partition coefficient (Wildman–Crippen LogP) is 2.38. The topological polar surface area (TPSA) is 58.1 Å². The molecule has 1 amide bonds. The molecule has 1 atom stereocenters. The van der Waals surface area contributed by atoms with Gasteiger partial charge in [-0.05, 0) is 71.7 Å². The van der Waals surface area contributed by atoms with Gasteiger partial charge in [0.1, 0.15) is 0 Å². The normalized spacial score (nSPS) is 22.6. The molecule has 2 aliphatic rings. The van der Waals surface area contributed by atoms with Gasteiger partial charge in [-0.15, -0.1) is 5.10 Å². The molecule has 1 aliphatic heterocycles. The summed E-state index contributed by atoms with van der Waals surface area (Å²) in [5.41, 5.74) is 2.02. The summed E-state index contributed by atoms with van der Waals surface area (Å²) in [6.07, 6.45) is 3.46. The van der Waals surface area contributed by atoms with Gasteiger partial charge in [0.2, 0.25) is 0 Å². The van der Waals surface area contributed by atoms with Crippen molar-refractivity contribution in [3.63, 3.8) is 0 Å². The van der Waals surface area contributed by atoms with Crippen LogP contribution in [-0.4, -0.2) is 39.5 Å². The van der Waals surface area contributed by atoms with Crippen molar-refractivity contribution in [2.45, 2.75) is 31.8 Å². The summed E-state index contributed by atoms with van der Waals surface area (Å²) in [5, 5.41) is 13.3. The van der Waals surface area contributed by atoms with Crippen LogP contribution in [0.2, 0.25) is 0 Å². The van der Waals surface area contributed by atoms with E-state index in [1.165, 1.54) is 29.9 Å². The van der Waals surface area contributed by atoms with Gasteiger partial charge in [0.25, 0.3) is 5.91 Å². The average Bonchev–Trinajstić information content (AvgIpc) is 3.02. The highest BCUT2D eigenvalue weighted by Crippen LogP contribution is 2.56. The SMILES string of the molecule is O=C(c1csnn1)N(Cc1ccsc1)C1CC12CCNCC2. The zero-order valence-corrected chi connectivity index (χ0v) is 13.8. The molecular formula is C15H18N4OS2. The first kappa shape index (κ1) is 14.3. The van der Waals surface area contributed by atoms with Crippen LogP contribution in [0.5, 0.6) is 0 Å². The second-order valence-corrected chi connectivity index (χ2v) is 7.58. The molecule has 4 rings (SSSR count). The van der Waals surface area contributed by atoms with Crippen LogP contribution in [0.15, 0.2) is 22.2 Å². The Balaban J connectivity index is 1.57. The van der Waals surface area contributed by atoms with Crippen LogP contribution in [-0.2, 0) is 6.54 Å². The molecule has 2 aromatic rings. The van der Waals surface area contributed by atoms with Gasteiger partial charge >= 0.3 is 0 Å². The van der Waals surface area contributed by atoms with E-state index in [4.69, 9.17) is 0 Å². The maximum Gasteiger partial charge on any atom is 0.275 e. The lowest BCUT2D eigenvalue weighted by molar-refractivity contribution is 0.0686. The number of rotatable bonds is 4. The largest absolute Gasteiger partial charge is 0.329 e. The first-order valence-corrected chi connectivity index (χ1v) is 9.36. The maximum absolute atomic E-state index is 12.9. The summed E-state index contributed by atoms with van der Waals surface area (Å²) < 4.78 is 3.84. The molecule has 116 valence electrons. The van der Waals surface area contributed by atoms with E-state index in [0.29, 0.717) is 23.7 Å². The van der Waals surface area contributed by atoms with E-state index in [0.717, 1.165) is 19.5 Å². The van der Waals surface area contributed by atoms with Gasteiger partial charge in [-0.25, -0.2) is 0 Å². The number of hydrogen-bond acceptors (Lipinski definition) is 6. The van der Waals surface area contributed by atoms with E-state index in [1.54, 1.807) is 16.7 Å². The Labute approximate surface area is 137 Å². The first-order chi connectivity index (χ1) is 10.8. The summed E-state index contributed by atoms with van der Waals surface area (Å²) in [5.74, 6) is 0.0281. The van der Waals surface area contributed by atoms with Gasteiger partial charge in [-0.2, -0.15) is 11.3 Å². The summed E-state index contributed by atoms with van der Waals surface area (Å²) in [6.45, 7) is 2.81. The van der Waals surface area contributed by atoms with Crippen molar-refractivity contribution in [1.29, 1.82) is 0 Å². The molecule has 2 aromatic heterocycles. The Hall–Kier alpha value is -1.31. The minimum absolute atomic E-state index is 0.0281. The summed E-state index contributed by atoms with van der Waals surface area (Å²) >= 11 is 2.91. The summed E-state index contributed by atoms with van der Waals surface area (Å²) in [7, 11) is 0. The lowest BCUT2D eigenvalue weighted by Crippen LogP contribution is -2.39. The van der Waals surface area contributed by atoms with Crippen LogP contribution < -0.4 is 5.32 Å². The third kappa shape index (κ3) is 2.57. The van der Waals surface area contributed by atoms with Crippen molar-refractivity contribution in [3.8, 4) is 0 Å². The van der Waals surface area contributed by atoms with Crippen LogP contribution in [0.1, 0.15) is 35.3 Å². The number of piperidine rings is 1. The maximum atomic E-state index is 12.9. The molecule has 22 heavy (non-hydrogen) atoms. The second-order valence-electron chi connectivity index (χ2n) is 6.19. The Morgan fingerprint density at radius 1 is 1.41 bits per heavy atom. The van der Waals surface area contributed by atoms with E-state index >= 15 is 0 Å². The summed E-state index contributed by atoms with van der Waals surface area (Å²) in [4.78, 5) is 14.9. The molecule has 1 N–H and O–H groups in total. The molecule has 1 saturated heterocycles. The van der Waals surface area contributed by atoms with Gasteiger partial charge in [0, 0.05) is 18.0 Å². The van der Waals surface area contributed by atoms with Gasteiger partial charge < -0.3 is 10.2 Å². The van der Waals surface area contributed by atoms with Crippen LogP contribution in [0.4, 0.5) is 0 Å². The highest BCUT2D eigenvalue weighted by Gasteiger charge is 2.57. The monoisotopic (exact) mass is 334 g/mol. The van der Waals surface area contributed by atoms with Crippen molar-refractivity contribution in [2.24, 2.45) is 5.41 Å². The lowest BCUT2D eigenvalue weighted by atomic mass is 9.93. The fourth-order valence-electron chi connectivity index (χ4n) is 3.54. The molecule has 1 saturated carbocycles. The summed E-state index contributed by atoms with van der Waals surface area (Å²) in [6, 6.07) is 2.45. The van der Waals surface area contributed by atoms with Crippen molar-refractivity contribution < 1.29 is 4.79 Å². The van der Waals surface area contributed by atoms with Gasteiger partial charge in [0.15, 0.2) is 5.69 Å². The van der Waals surface area contributed by atoms with Crippen molar-refractivity contribution in [2.75, 3.05) is 13.1 Å². The van der Waals surface area contributed by atoms with Crippen molar-refractivity contribution in [3.05, 3.63) is 33.5 Å². The number of amides is 1. The van der Waals surface area contributed by atoms with E-state index in [9.17, 15) is 4.79 Å². The molecule has 2 fully saturated rings. The zero-order chi connectivity index (χ0) is 15.0. The lowest BCUT2D eigenvalue weighted by Gasteiger charge is -2.29. The van der Waals surface area contributed by atoms with Gasteiger partial charge in [0.05, 0.1) is 0 Å². The molecule has 3 heterocycles. The molecule has 1 spiro atoms. The molecule has 0 radical (unpaired) electrons. The Kier molecular flexibility index (Phi) is 3.71. The van der Waals surface area contributed by atoms with Crippen LogP contribution in [0, 0.1) is 5.41 Å². The number of aromatic nitrogens is 2. The molecule has 0 bridgehead atoms. The number of thiophene rings is 1. The molecular weight excluding hydrogens is 316 g/mol. The Morgan fingerprint density at radius 2 is 2.27 bits per heavy atom. The number of nitrogens with one attached hydrogen (secondary N) is 1. The van der Waals surface area contributed by atoms with E-state index in [-0.39, 0.29) is 5.91 Å². The Bertz CT molecular complexity index is 635. The fourth-order valence-corrected chi connectivity index (χ4v) is 4.63. The van der Waals surface area contributed by atoms with Crippen LogP contribution in [0.3, 0.4) is 0 Å². The minimum Gasteiger partial charge on any atom is -0.329 e. The van der Waals surface area contributed by atoms with E-state index < -0.39 is 0 Å². The number of carbonyl (C=O) groups is 1. The predicted molar refractivity (Wildman–Crippen MR) is 87.0 cm³/mol. The third-order valence-electron chi connectivity index (χ3n) is 4.90. The van der Waals surface area contributed by atoms with Gasteiger partial charge in [-0.1, -0.05) is 4.49 Å². The van der Waals surface area contributed by atoms with Gasteiger partial charge in [-0.3, -0.25) is 4.79 Å². The van der Waals surface area contributed by atoms with Crippen LogP contribution in [0.25, 0.3) is 0 Å². The molecule has 1 unspecified atom stereocenters. The first-order valence-electron chi connectivity index (χ1n) is 7.58. The average molecular weight is 334 g/mol. The van der Waals surface area contributed by atoms with Crippen molar-refractivity contribution >= 4 is 28.8 Å². The highest BCUT2D eigenvalue weighted by molar-refractivity contribution is 7.08. The van der Waals surface area contributed by atoms with Crippen LogP contribution >= 0.6 is 22.9 Å². The molecule has 5 nitrogen and oxygen atoms in total. The molecule has 1 aliphatic carbocycles. The third-order valence-corrected chi connectivity index (χ3v) is 6.13. The zero-order valence-electron chi connectivity index (χ0n) is 12.2. The smallest absolute Gasteiger partial charge is 0.275 e.